The van der Waals surface area contributed by atoms with Gasteiger partial charge in [-0.15, -0.1) is 4.91 Å². The Kier molecular flexibility index (Phi) is 2.66. The summed E-state index contributed by atoms with van der Waals surface area (Å²) in [4.78, 5) is 10.5. The van der Waals surface area contributed by atoms with Gasteiger partial charge < -0.3 is 5.11 Å². The Hall–Kier alpha value is -1.38. The molecule has 0 aliphatic heterocycles. The lowest BCUT2D eigenvalue weighted by Crippen LogP contribution is -1.89. The Balaban J connectivity index is 3.38. The molecule has 0 aliphatic rings. The number of nitrogens with zero attached hydrogens (tertiary/aromatic N) is 1. The fraction of sp³-hybridized carbons (Fsp3) is 0.400. The van der Waals surface area contributed by atoms with Gasteiger partial charge in [0.25, 0.3) is 0 Å². The summed E-state index contributed by atoms with van der Waals surface area (Å²) in [6.07, 6.45) is 0. The van der Waals surface area contributed by atoms with Gasteiger partial charge in [0.05, 0.1) is 0 Å². The summed E-state index contributed by atoms with van der Waals surface area (Å²) in [7, 11) is 0. The maximum atomic E-state index is 10.5. The van der Waals surface area contributed by atoms with Gasteiger partial charge in [-0.2, -0.15) is 0 Å². The molecule has 0 aliphatic carbocycles. The number of phenols is 1. The number of hydrogen-bond acceptors (Lipinski definition) is 3. The van der Waals surface area contributed by atoms with E-state index >= 15 is 0 Å². The average Bonchev–Trinajstić information content (AvgIpc) is 2.09. The fourth-order valence-electron chi connectivity index (χ4n) is 1.26. The van der Waals surface area contributed by atoms with E-state index < -0.39 is 0 Å². The number of benzene rings is 1. The minimum Gasteiger partial charge on any atom is -0.505 e. The molecule has 0 saturated heterocycles. The highest BCUT2D eigenvalue weighted by molar-refractivity contribution is 5.61. The Morgan fingerprint density at radius 3 is 2.46 bits per heavy atom. The molecule has 0 bridgehead atoms. The molecule has 1 rings (SSSR count). The lowest BCUT2D eigenvalue weighted by atomic mass is 9.99. The van der Waals surface area contributed by atoms with Crippen LogP contribution in [-0.2, 0) is 0 Å². The Morgan fingerprint density at radius 2 is 2.00 bits per heavy atom. The van der Waals surface area contributed by atoms with Crippen LogP contribution in [0.1, 0.15) is 30.9 Å². The minimum absolute atomic E-state index is 0.00111. The van der Waals surface area contributed by atoms with Gasteiger partial charge in [-0.25, -0.2) is 0 Å². The lowest BCUT2D eigenvalue weighted by molar-refractivity contribution is 0.471. The molecule has 0 spiro atoms. The standard InChI is InChI=1S/C10H13NO2/c1-6(2)8-5-4-7(3)10(12)9(8)11-13/h4-6,12H,1-3H3. The van der Waals surface area contributed by atoms with Gasteiger partial charge in [0.1, 0.15) is 5.75 Å². The average molecular weight is 179 g/mol. The van der Waals surface area contributed by atoms with Crippen molar-refractivity contribution in [2.24, 2.45) is 5.18 Å². The van der Waals surface area contributed by atoms with Crippen LogP contribution >= 0.6 is 0 Å². The van der Waals surface area contributed by atoms with E-state index in [4.69, 9.17) is 0 Å². The minimum atomic E-state index is 0.00111. The number of nitroso groups, excluding NO2 is 1. The van der Waals surface area contributed by atoms with E-state index in [0.29, 0.717) is 5.56 Å². The van der Waals surface area contributed by atoms with Crippen LogP contribution in [0.25, 0.3) is 0 Å². The van der Waals surface area contributed by atoms with Gasteiger partial charge >= 0.3 is 0 Å². The first-order valence-corrected chi connectivity index (χ1v) is 4.23. The van der Waals surface area contributed by atoms with Crippen molar-refractivity contribution in [3.8, 4) is 5.75 Å². The van der Waals surface area contributed by atoms with Crippen LogP contribution < -0.4 is 0 Å². The van der Waals surface area contributed by atoms with Crippen molar-refractivity contribution >= 4 is 5.69 Å². The summed E-state index contributed by atoms with van der Waals surface area (Å²) in [5.74, 6) is 0.195. The highest BCUT2D eigenvalue weighted by atomic mass is 16.3. The maximum absolute atomic E-state index is 10.5. The van der Waals surface area contributed by atoms with Crippen LogP contribution in [0.15, 0.2) is 17.3 Å². The van der Waals surface area contributed by atoms with Crippen LogP contribution in [0.3, 0.4) is 0 Å². The lowest BCUT2D eigenvalue weighted by Gasteiger charge is -2.09. The Bertz CT molecular complexity index is 332. The zero-order valence-corrected chi connectivity index (χ0v) is 8.03. The maximum Gasteiger partial charge on any atom is 0.153 e. The molecule has 1 aromatic rings. The van der Waals surface area contributed by atoms with E-state index in [1.165, 1.54) is 0 Å². The van der Waals surface area contributed by atoms with Crippen molar-refractivity contribution < 1.29 is 5.11 Å². The van der Waals surface area contributed by atoms with Crippen molar-refractivity contribution in [1.82, 2.24) is 0 Å². The third-order valence-corrected chi connectivity index (χ3v) is 2.10. The second-order valence-electron chi connectivity index (χ2n) is 3.41. The number of aromatic hydroxyl groups is 1. The molecular weight excluding hydrogens is 166 g/mol. The van der Waals surface area contributed by atoms with Crippen molar-refractivity contribution in [3.05, 3.63) is 28.2 Å². The number of phenolic OH excluding ortho intramolecular Hbond substituents is 1. The summed E-state index contributed by atoms with van der Waals surface area (Å²) in [6.45, 7) is 5.66. The summed E-state index contributed by atoms with van der Waals surface area (Å²) in [5.41, 5.74) is 1.65. The van der Waals surface area contributed by atoms with Crippen molar-refractivity contribution in [2.75, 3.05) is 0 Å². The van der Waals surface area contributed by atoms with Crippen LogP contribution in [0.5, 0.6) is 5.75 Å². The summed E-state index contributed by atoms with van der Waals surface area (Å²) >= 11 is 0. The zero-order valence-electron chi connectivity index (χ0n) is 8.03. The third kappa shape index (κ3) is 1.69. The van der Waals surface area contributed by atoms with E-state index in [2.05, 4.69) is 5.18 Å². The van der Waals surface area contributed by atoms with Crippen molar-refractivity contribution in [1.29, 1.82) is 0 Å². The second-order valence-corrected chi connectivity index (χ2v) is 3.41. The molecule has 0 radical (unpaired) electrons. The molecule has 3 nitrogen and oxygen atoms in total. The van der Waals surface area contributed by atoms with Crippen LogP contribution in [-0.4, -0.2) is 5.11 Å². The predicted molar refractivity (Wildman–Crippen MR) is 52.4 cm³/mol. The highest BCUT2D eigenvalue weighted by Gasteiger charge is 2.13. The largest absolute Gasteiger partial charge is 0.505 e. The molecule has 1 N–H and O–H groups in total. The Morgan fingerprint density at radius 1 is 1.38 bits per heavy atom. The first kappa shape index (κ1) is 9.71. The van der Waals surface area contributed by atoms with E-state index in [9.17, 15) is 10.0 Å². The normalized spacial score (nSPS) is 10.5. The molecular formula is C10H13NO2. The third-order valence-electron chi connectivity index (χ3n) is 2.10. The molecule has 3 heteroatoms. The van der Waals surface area contributed by atoms with Gasteiger partial charge in [-0.3, -0.25) is 0 Å². The van der Waals surface area contributed by atoms with E-state index in [0.717, 1.165) is 5.56 Å². The molecule has 13 heavy (non-hydrogen) atoms. The SMILES string of the molecule is Cc1ccc(C(C)C)c(N=O)c1O. The summed E-state index contributed by atoms with van der Waals surface area (Å²) in [5, 5.41) is 12.4. The predicted octanol–water partition coefficient (Wildman–Crippen LogP) is 3.22. The van der Waals surface area contributed by atoms with Crippen molar-refractivity contribution in [2.45, 2.75) is 26.7 Å². The van der Waals surface area contributed by atoms with Gasteiger partial charge in [0, 0.05) is 0 Å². The topological polar surface area (TPSA) is 49.7 Å². The molecule has 0 heterocycles. The molecule has 0 atom stereocenters. The van der Waals surface area contributed by atoms with E-state index in [1.807, 2.05) is 19.9 Å². The molecule has 0 unspecified atom stereocenters. The zero-order chi connectivity index (χ0) is 10.0. The van der Waals surface area contributed by atoms with Gasteiger partial charge in [0.15, 0.2) is 5.69 Å². The summed E-state index contributed by atoms with van der Waals surface area (Å²) < 4.78 is 0. The van der Waals surface area contributed by atoms with Crippen LogP contribution in [0.4, 0.5) is 5.69 Å². The first-order chi connectivity index (χ1) is 6.07. The number of rotatable bonds is 2. The molecule has 0 fully saturated rings. The first-order valence-electron chi connectivity index (χ1n) is 4.23. The van der Waals surface area contributed by atoms with Gasteiger partial charge in [-0.05, 0) is 29.1 Å². The molecule has 0 saturated carbocycles. The summed E-state index contributed by atoms with van der Waals surface area (Å²) in [6, 6.07) is 3.62. The quantitative estimate of drug-likeness (QED) is 0.708. The van der Waals surface area contributed by atoms with Gasteiger partial charge in [-0.1, -0.05) is 26.0 Å². The second kappa shape index (κ2) is 3.56. The Labute approximate surface area is 77.4 Å². The monoisotopic (exact) mass is 179 g/mol. The van der Waals surface area contributed by atoms with Crippen LogP contribution in [0.2, 0.25) is 0 Å². The van der Waals surface area contributed by atoms with Crippen molar-refractivity contribution in [3.63, 3.8) is 0 Å². The number of aryl methyl sites for hydroxylation is 1. The smallest absolute Gasteiger partial charge is 0.153 e. The highest BCUT2D eigenvalue weighted by Crippen LogP contribution is 2.37. The van der Waals surface area contributed by atoms with Crippen LogP contribution in [0, 0.1) is 11.8 Å². The van der Waals surface area contributed by atoms with E-state index in [-0.39, 0.29) is 17.4 Å². The molecule has 0 aromatic heterocycles. The van der Waals surface area contributed by atoms with E-state index in [1.54, 1.807) is 13.0 Å². The van der Waals surface area contributed by atoms with Gasteiger partial charge in [0.2, 0.25) is 0 Å². The fourth-order valence-corrected chi connectivity index (χ4v) is 1.26. The molecule has 0 amide bonds. The molecule has 1 aromatic carbocycles. The number of hydrogen-bond donors (Lipinski definition) is 1. The molecule has 70 valence electrons.